The van der Waals surface area contributed by atoms with Crippen LogP contribution in [0.5, 0.6) is 0 Å². The highest BCUT2D eigenvalue weighted by Crippen LogP contribution is 2.31. The van der Waals surface area contributed by atoms with E-state index < -0.39 is 0 Å². The van der Waals surface area contributed by atoms with Crippen LogP contribution in [0.4, 0.5) is 17.2 Å². The molecule has 1 aromatic heterocycles. The Morgan fingerprint density at radius 3 is 2.40 bits per heavy atom. The fourth-order valence-corrected chi connectivity index (χ4v) is 3.01. The Bertz CT molecular complexity index is 608. The highest BCUT2D eigenvalue weighted by atomic mass is 79.9. The maximum absolute atomic E-state index is 6.16. The van der Waals surface area contributed by atoms with Gasteiger partial charge in [-0.1, -0.05) is 22.9 Å². The van der Waals surface area contributed by atoms with Crippen LogP contribution in [0.3, 0.4) is 0 Å². The lowest BCUT2D eigenvalue weighted by molar-refractivity contribution is 0.605. The fourth-order valence-electron chi connectivity index (χ4n) is 2.33. The van der Waals surface area contributed by atoms with Gasteiger partial charge >= 0.3 is 0 Å². The molecule has 20 heavy (non-hydrogen) atoms. The van der Waals surface area contributed by atoms with E-state index in [1.807, 2.05) is 11.6 Å². The Morgan fingerprint density at radius 1 is 1.25 bits per heavy atom. The molecule has 1 heterocycles. The van der Waals surface area contributed by atoms with E-state index in [2.05, 4.69) is 59.2 Å². The molecular formula is C15H21BrN4. The lowest BCUT2D eigenvalue weighted by Crippen LogP contribution is -2.07. The van der Waals surface area contributed by atoms with Gasteiger partial charge in [-0.2, -0.15) is 5.10 Å². The number of nitrogens with two attached hydrogens (primary N) is 1. The van der Waals surface area contributed by atoms with Crippen LogP contribution in [0.15, 0.2) is 16.6 Å². The predicted molar refractivity (Wildman–Crippen MR) is 88.6 cm³/mol. The van der Waals surface area contributed by atoms with Gasteiger partial charge in [-0.3, -0.25) is 0 Å². The Balaban J connectivity index is 2.44. The van der Waals surface area contributed by atoms with Crippen molar-refractivity contribution in [1.82, 2.24) is 9.78 Å². The maximum atomic E-state index is 6.16. The first-order valence-electron chi connectivity index (χ1n) is 6.80. The second-order valence-corrected chi connectivity index (χ2v) is 6.03. The van der Waals surface area contributed by atoms with Gasteiger partial charge in [0.25, 0.3) is 0 Å². The Kier molecular flexibility index (Phi) is 4.38. The number of hydrogen-bond acceptors (Lipinski definition) is 3. The second kappa shape index (κ2) is 5.87. The summed E-state index contributed by atoms with van der Waals surface area (Å²) in [5, 5.41) is 7.96. The molecule has 4 nitrogen and oxygen atoms in total. The lowest BCUT2D eigenvalue weighted by Gasteiger charge is -2.15. The quantitative estimate of drug-likeness (QED) is 0.874. The summed E-state index contributed by atoms with van der Waals surface area (Å²) < 4.78 is 3.04. The van der Waals surface area contributed by atoms with E-state index in [1.165, 1.54) is 11.1 Å². The predicted octanol–water partition coefficient (Wildman–Crippen LogP) is 4.31. The van der Waals surface area contributed by atoms with Crippen LogP contribution in [-0.4, -0.2) is 9.78 Å². The van der Waals surface area contributed by atoms with Gasteiger partial charge in [-0.25, -0.2) is 4.68 Å². The first-order valence-corrected chi connectivity index (χ1v) is 7.60. The number of nitrogens with zero attached hydrogens (tertiary/aromatic N) is 2. The molecule has 3 N–H and O–H groups in total. The lowest BCUT2D eigenvalue weighted by atomic mass is 10.1. The van der Waals surface area contributed by atoms with Gasteiger partial charge in [0.2, 0.25) is 0 Å². The SMILES string of the molecule is CCCn1nc(C)c(N)c1Nc1c(C)cc(Br)cc1C. The molecule has 0 aliphatic carbocycles. The summed E-state index contributed by atoms with van der Waals surface area (Å²) >= 11 is 3.52. The van der Waals surface area contributed by atoms with Gasteiger partial charge < -0.3 is 11.1 Å². The van der Waals surface area contributed by atoms with E-state index in [9.17, 15) is 0 Å². The molecule has 0 saturated heterocycles. The number of rotatable bonds is 4. The number of nitrogens with one attached hydrogen (secondary N) is 1. The van der Waals surface area contributed by atoms with Crippen LogP contribution in [0.1, 0.15) is 30.2 Å². The maximum Gasteiger partial charge on any atom is 0.152 e. The zero-order valence-electron chi connectivity index (χ0n) is 12.4. The van der Waals surface area contributed by atoms with E-state index in [0.29, 0.717) is 0 Å². The number of aromatic nitrogens is 2. The highest BCUT2D eigenvalue weighted by molar-refractivity contribution is 9.10. The second-order valence-electron chi connectivity index (χ2n) is 5.11. The fraction of sp³-hybridized carbons (Fsp3) is 0.400. The van der Waals surface area contributed by atoms with Crippen LogP contribution in [0.25, 0.3) is 0 Å². The van der Waals surface area contributed by atoms with E-state index >= 15 is 0 Å². The van der Waals surface area contributed by atoms with Crippen molar-refractivity contribution in [2.24, 2.45) is 0 Å². The molecule has 0 bridgehead atoms. The average Bonchev–Trinajstić information content (AvgIpc) is 2.61. The third kappa shape index (κ3) is 2.82. The van der Waals surface area contributed by atoms with Crippen LogP contribution < -0.4 is 11.1 Å². The summed E-state index contributed by atoms with van der Waals surface area (Å²) in [5.74, 6) is 0.887. The first kappa shape index (κ1) is 14.9. The molecule has 0 spiro atoms. The van der Waals surface area contributed by atoms with Crippen molar-refractivity contribution in [2.45, 2.75) is 40.7 Å². The van der Waals surface area contributed by atoms with Crippen LogP contribution in [0.2, 0.25) is 0 Å². The molecule has 0 fully saturated rings. The van der Waals surface area contributed by atoms with Gasteiger partial charge in [0.1, 0.15) is 0 Å². The standard InChI is InChI=1S/C15H21BrN4/c1-5-6-20-15(13(17)11(4)19-20)18-14-9(2)7-12(16)8-10(14)3/h7-8,18H,5-6,17H2,1-4H3. The Labute approximate surface area is 128 Å². The summed E-state index contributed by atoms with van der Waals surface area (Å²) in [4.78, 5) is 0. The zero-order chi connectivity index (χ0) is 14.9. The summed E-state index contributed by atoms with van der Waals surface area (Å²) in [6, 6.07) is 4.19. The highest BCUT2D eigenvalue weighted by Gasteiger charge is 2.14. The van der Waals surface area contributed by atoms with Gasteiger partial charge in [0.15, 0.2) is 5.82 Å². The Morgan fingerprint density at radius 2 is 1.85 bits per heavy atom. The summed E-state index contributed by atoms with van der Waals surface area (Å²) in [5.41, 5.74) is 11.2. The molecule has 108 valence electrons. The van der Waals surface area contributed by atoms with Crippen molar-refractivity contribution < 1.29 is 0 Å². The van der Waals surface area contributed by atoms with Gasteiger partial charge in [-0.15, -0.1) is 0 Å². The smallest absolute Gasteiger partial charge is 0.152 e. The number of hydrogen-bond donors (Lipinski definition) is 2. The van der Waals surface area contributed by atoms with Crippen molar-refractivity contribution in [1.29, 1.82) is 0 Å². The molecular weight excluding hydrogens is 316 g/mol. The summed E-state index contributed by atoms with van der Waals surface area (Å²) in [6.45, 7) is 9.10. The number of nitrogen functional groups attached to an aromatic ring is 1. The monoisotopic (exact) mass is 336 g/mol. The van der Waals surface area contributed by atoms with Crippen molar-refractivity contribution in [3.63, 3.8) is 0 Å². The van der Waals surface area contributed by atoms with Crippen molar-refractivity contribution in [3.05, 3.63) is 33.4 Å². The van der Waals surface area contributed by atoms with E-state index in [-0.39, 0.29) is 0 Å². The van der Waals surface area contributed by atoms with E-state index in [0.717, 1.165) is 40.3 Å². The molecule has 5 heteroatoms. The molecule has 2 rings (SSSR count). The number of anilines is 3. The van der Waals surface area contributed by atoms with Crippen molar-refractivity contribution in [2.75, 3.05) is 11.1 Å². The Hall–Kier alpha value is -1.49. The average molecular weight is 337 g/mol. The molecule has 0 saturated carbocycles. The molecule has 0 unspecified atom stereocenters. The first-order chi connectivity index (χ1) is 9.43. The topological polar surface area (TPSA) is 55.9 Å². The number of halogens is 1. The van der Waals surface area contributed by atoms with Crippen LogP contribution >= 0.6 is 15.9 Å². The van der Waals surface area contributed by atoms with Gasteiger partial charge in [0, 0.05) is 16.7 Å². The van der Waals surface area contributed by atoms with Gasteiger partial charge in [0.05, 0.1) is 11.4 Å². The third-order valence-electron chi connectivity index (χ3n) is 3.35. The molecule has 1 aromatic carbocycles. The van der Waals surface area contributed by atoms with Crippen molar-refractivity contribution in [3.8, 4) is 0 Å². The van der Waals surface area contributed by atoms with Crippen LogP contribution in [0, 0.1) is 20.8 Å². The number of aryl methyl sites for hydroxylation is 4. The molecule has 0 aliphatic rings. The largest absolute Gasteiger partial charge is 0.394 e. The number of benzene rings is 1. The molecule has 0 radical (unpaired) electrons. The molecule has 2 aromatic rings. The van der Waals surface area contributed by atoms with E-state index in [1.54, 1.807) is 0 Å². The van der Waals surface area contributed by atoms with Crippen molar-refractivity contribution >= 4 is 33.1 Å². The molecule has 0 atom stereocenters. The minimum absolute atomic E-state index is 0.722. The summed E-state index contributed by atoms with van der Waals surface area (Å²) in [6.07, 6.45) is 1.02. The zero-order valence-corrected chi connectivity index (χ0v) is 14.0. The summed E-state index contributed by atoms with van der Waals surface area (Å²) in [7, 11) is 0. The normalized spacial score (nSPS) is 10.8. The van der Waals surface area contributed by atoms with Gasteiger partial charge in [-0.05, 0) is 50.5 Å². The minimum atomic E-state index is 0.722. The molecule has 0 amide bonds. The minimum Gasteiger partial charge on any atom is -0.394 e. The third-order valence-corrected chi connectivity index (χ3v) is 3.81. The van der Waals surface area contributed by atoms with E-state index in [4.69, 9.17) is 5.73 Å². The van der Waals surface area contributed by atoms with Crippen LogP contribution in [-0.2, 0) is 6.54 Å². The molecule has 0 aliphatic heterocycles.